The van der Waals surface area contributed by atoms with E-state index in [1.165, 1.54) is 16.7 Å². The molecule has 65 heavy (non-hydrogen) atoms. The van der Waals surface area contributed by atoms with Crippen LogP contribution in [0, 0.1) is 0 Å². The Bertz CT molecular complexity index is 2310. The Hall–Kier alpha value is -3.82. The van der Waals surface area contributed by atoms with Crippen LogP contribution in [0.25, 0.3) is 0 Å². The highest BCUT2D eigenvalue weighted by Crippen LogP contribution is 2.57. The van der Waals surface area contributed by atoms with Gasteiger partial charge in [0.2, 0.25) is 0 Å². The third-order valence-electron chi connectivity index (χ3n) is 12.8. The summed E-state index contributed by atoms with van der Waals surface area (Å²) in [6, 6.07) is 19.5. The fourth-order valence-electron chi connectivity index (χ4n) is 8.37. The lowest BCUT2D eigenvalue weighted by atomic mass is 9.74. The van der Waals surface area contributed by atoms with Crippen LogP contribution in [0.4, 0.5) is 0 Å². The van der Waals surface area contributed by atoms with Crippen LogP contribution in [0.5, 0.6) is 23.0 Å². The molecule has 0 saturated carbocycles. The number of fused-ring (bicyclic) bond motifs is 2. The third kappa shape index (κ3) is 11.5. The van der Waals surface area contributed by atoms with E-state index in [1.807, 2.05) is 18.2 Å². The second-order valence-corrected chi connectivity index (χ2v) is 28.1. The lowest BCUT2D eigenvalue weighted by Crippen LogP contribution is -2.25. The summed E-state index contributed by atoms with van der Waals surface area (Å²) in [6.45, 7) is 55.6. The molecule has 0 N–H and O–H groups in total. The monoisotopic (exact) mass is 905 g/mol. The predicted molar refractivity (Wildman–Crippen MR) is 277 cm³/mol. The van der Waals surface area contributed by atoms with E-state index in [1.54, 1.807) is 0 Å². The van der Waals surface area contributed by atoms with Crippen LogP contribution in [-0.4, -0.2) is 5.97 Å². The SMILES string of the molecule is CC1c2cc(C(C)(C)C)cc(C(C)(C)C)c2OP(Oc2c(C(C)(C)C)cc(C(=O)Oc3ccc(C(C)(C)C)cc3C(C)(C)C)cc2C(C)(C)C)Oc2c1cc(C(C)(C)C)cc2C(C)(C)C. The number of carbonyl (C=O) groups is 1. The van der Waals surface area contributed by atoms with Crippen molar-refractivity contribution in [3.63, 3.8) is 0 Å². The number of carbonyl (C=O) groups excluding carboxylic acids is 1. The molecule has 0 aliphatic carbocycles. The Kier molecular flexibility index (Phi) is 13.7. The molecular formula is C59H85O5P. The zero-order chi connectivity index (χ0) is 49.6. The highest BCUT2D eigenvalue weighted by molar-refractivity contribution is 7.43. The van der Waals surface area contributed by atoms with Crippen LogP contribution in [0.3, 0.4) is 0 Å². The molecule has 0 saturated heterocycles. The van der Waals surface area contributed by atoms with Crippen molar-refractivity contribution in [2.45, 2.75) is 222 Å². The number of rotatable bonds is 4. The van der Waals surface area contributed by atoms with Gasteiger partial charge in [0.1, 0.15) is 23.0 Å². The zero-order valence-electron chi connectivity index (χ0n) is 45.3. The standard InChI is InChI=1S/C59H85O5P/c1-35-40-30-38(53(5,6)7)33-45(58(20,21)22)48(40)62-65(63-49-41(35)31-39(54(8,9)10)34-46(49)59(23,24)25)64-50-43(56(14,15)16)28-36(29-44(50)57(17,18)19)51(60)61-47-27-26-37(52(2,3)4)32-42(47)55(11,12)13/h26-35H,1-25H3. The molecule has 1 aliphatic rings. The molecule has 0 spiro atoms. The van der Waals surface area contributed by atoms with Crippen molar-refractivity contribution < 1.29 is 23.1 Å². The van der Waals surface area contributed by atoms with Crippen LogP contribution >= 0.6 is 8.60 Å². The van der Waals surface area contributed by atoms with Crippen LogP contribution in [0.15, 0.2) is 54.6 Å². The summed E-state index contributed by atoms with van der Waals surface area (Å²) in [7, 11) is -2.12. The summed E-state index contributed by atoms with van der Waals surface area (Å²) >= 11 is 0. The number of hydrogen-bond acceptors (Lipinski definition) is 5. The quantitative estimate of drug-likeness (QED) is 0.116. The lowest BCUT2D eigenvalue weighted by Gasteiger charge is -2.37. The number of ether oxygens (including phenoxy) is 1. The molecule has 0 radical (unpaired) electrons. The van der Waals surface area contributed by atoms with Crippen LogP contribution < -0.4 is 18.3 Å². The molecule has 0 aromatic heterocycles. The van der Waals surface area contributed by atoms with Gasteiger partial charge < -0.3 is 18.3 Å². The maximum absolute atomic E-state index is 14.6. The Morgan fingerprint density at radius 3 is 1.14 bits per heavy atom. The molecule has 4 aromatic carbocycles. The third-order valence-corrected chi connectivity index (χ3v) is 13.8. The lowest BCUT2D eigenvalue weighted by molar-refractivity contribution is 0.0731. The zero-order valence-corrected chi connectivity index (χ0v) is 46.2. The van der Waals surface area contributed by atoms with Gasteiger partial charge in [0.25, 0.3) is 0 Å². The van der Waals surface area contributed by atoms with E-state index in [0.717, 1.165) is 50.4 Å². The molecule has 0 unspecified atom stereocenters. The maximum atomic E-state index is 14.6. The average Bonchev–Trinajstić information content (AvgIpc) is 3.10. The van der Waals surface area contributed by atoms with Gasteiger partial charge in [0.15, 0.2) is 0 Å². The van der Waals surface area contributed by atoms with E-state index >= 15 is 0 Å². The summed E-state index contributed by atoms with van der Waals surface area (Å²) in [4.78, 5) is 14.6. The van der Waals surface area contributed by atoms with Gasteiger partial charge in [-0.3, -0.25) is 0 Å². The average molecular weight is 905 g/mol. The van der Waals surface area contributed by atoms with Crippen LogP contribution in [0.1, 0.15) is 245 Å². The molecule has 0 fully saturated rings. The van der Waals surface area contributed by atoms with E-state index < -0.39 is 25.4 Å². The van der Waals surface area contributed by atoms with Gasteiger partial charge in [-0.1, -0.05) is 209 Å². The molecule has 6 heteroatoms. The summed E-state index contributed by atoms with van der Waals surface area (Å²) in [5, 5.41) is 0. The number of esters is 1. The smallest absolute Gasteiger partial charge is 0.423 e. The van der Waals surface area contributed by atoms with Gasteiger partial charge in [0, 0.05) is 44.9 Å². The molecule has 4 aromatic rings. The minimum Gasteiger partial charge on any atom is -0.423 e. The Balaban J connectivity index is 1.81. The maximum Gasteiger partial charge on any atom is 0.530 e. The second-order valence-electron chi connectivity index (χ2n) is 27.1. The fourth-order valence-corrected chi connectivity index (χ4v) is 9.53. The van der Waals surface area contributed by atoms with Crippen molar-refractivity contribution in [1.29, 1.82) is 0 Å². The summed E-state index contributed by atoms with van der Waals surface area (Å²) in [6.07, 6.45) is 0. The molecule has 0 amide bonds. The van der Waals surface area contributed by atoms with Crippen LogP contribution in [-0.2, 0) is 43.3 Å². The molecule has 5 nitrogen and oxygen atoms in total. The molecule has 0 bridgehead atoms. The first-order chi connectivity index (χ1) is 29.1. The molecule has 0 atom stereocenters. The van der Waals surface area contributed by atoms with Gasteiger partial charge in [-0.15, -0.1) is 0 Å². The van der Waals surface area contributed by atoms with Gasteiger partial charge in [-0.05, 0) is 78.2 Å². The first kappa shape index (κ1) is 52.2. The van der Waals surface area contributed by atoms with E-state index in [4.69, 9.17) is 18.3 Å². The van der Waals surface area contributed by atoms with Crippen molar-refractivity contribution in [2.24, 2.45) is 0 Å². The molecule has 5 rings (SSSR count). The topological polar surface area (TPSA) is 54.0 Å². The van der Waals surface area contributed by atoms with E-state index in [0.29, 0.717) is 17.1 Å². The first-order valence-corrected chi connectivity index (χ1v) is 25.0. The first-order valence-electron chi connectivity index (χ1n) is 23.9. The van der Waals surface area contributed by atoms with Crippen molar-refractivity contribution in [3.05, 3.63) is 116 Å². The van der Waals surface area contributed by atoms with E-state index in [9.17, 15) is 4.79 Å². The molecule has 1 aliphatic heterocycles. The Morgan fingerprint density at radius 2 is 0.800 bits per heavy atom. The highest BCUT2D eigenvalue weighted by atomic mass is 31.2. The summed E-state index contributed by atoms with van der Waals surface area (Å²) in [5.74, 6) is 2.42. The summed E-state index contributed by atoms with van der Waals surface area (Å²) < 4.78 is 28.5. The van der Waals surface area contributed by atoms with Gasteiger partial charge >= 0.3 is 14.6 Å². The second kappa shape index (κ2) is 17.1. The number of benzene rings is 4. The largest absolute Gasteiger partial charge is 0.530 e. The van der Waals surface area contributed by atoms with Gasteiger partial charge in [-0.2, -0.15) is 0 Å². The minimum atomic E-state index is -2.12. The van der Waals surface area contributed by atoms with Crippen molar-refractivity contribution in [2.75, 3.05) is 0 Å². The highest BCUT2D eigenvalue weighted by Gasteiger charge is 2.40. The minimum absolute atomic E-state index is 0.0482. The molecular weight excluding hydrogens is 820 g/mol. The van der Waals surface area contributed by atoms with Gasteiger partial charge in [-0.25, -0.2) is 4.79 Å². The number of hydrogen-bond donors (Lipinski definition) is 0. The van der Waals surface area contributed by atoms with E-state index in [-0.39, 0.29) is 38.4 Å². The molecule has 356 valence electrons. The molecule has 1 heterocycles. The van der Waals surface area contributed by atoms with Gasteiger partial charge in [0.05, 0.1) is 5.56 Å². The van der Waals surface area contributed by atoms with E-state index in [2.05, 4.69) is 209 Å². The Labute approximate surface area is 397 Å². The summed E-state index contributed by atoms with van der Waals surface area (Å²) in [5.41, 5.74) is 9.52. The van der Waals surface area contributed by atoms with Crippen molar-refractivity contribution in [1.82, 2.24) is 0 Å². The van der Waals surface area contributed by atoms with Crippen molar-refractivity contribution >= 4 is 14.6 Å². The normalized spacial score (nSPS) is 16.7. The fraction of sp³-hybridized carbons (Fsp3) is 0.576. The van der Waals surface area contributed by atoms with Crippen LogP contribution in [0.2, 0.25) is 0 Å². The predicted octanol–water partition coefficient (Wildman–Crippen LogP) is 17.5. The Morgan fingerprint density at radius 1 is 0.446 bits per heavy atom. The van der Waals surface area contributed by atoms with Crippen molar-refractivity contribution in [3.8, 4) is 23.0 Å².